The van der Waals surface area contributed by atoms with Gasteiger partial charge in [-0.1, -0.05) is 24.6 Å². The van der Waals surface area contributed by atoms with Crippen LogP contribution in [-0.2, 0) is 24.0 Å². The maximum Gasteiger partial charge on any atom is 0.289 e. The average Bonchev–Trinajstić information content (AvgIpc) is 3.40. The second kappa shape index (κ2) is 13.3. The molecule has 240 valence electrons. The highest BCUT2D eigenvalue weighted by Crippen LogP contribution is 2.42. The molecule has 2 saturated heterocycles. The van der Waals surface area contributed by atoms with E-state index in [0.717, 1.165) is 32.1 Å². The van der Waals surface area contributed by atoms with Crippen molar-refractivity contribution in [2.45, 2.75) is 63.1 Å². The number of Topliss-reactive ketones (excluding diaryl/α,β-unsaturated/α-hetero) is 1. The van der Waals surface area contributed by atoms with E-state index in [0.29, 0.717) is 36.4 Å². The van der Waals surface area contributed by atoms with E-state index in [4.69, 9.17) is 10.00 Å². The van der Waals surface area contributed by atoms with E-state index in [2.05, 4.69) is 16.0 Å². The van der Waals surface area contributed by atoms with Crippen LogP contribution in [0.5, 0.6) is 5.75 Å². The Morgan fingerprint density at radius 3 is 2.48 bits per heavy atom. The number of hydrogen-bond acceptors (Lipinski definition) is 7. The van der Waals surface area contributed by atoms with E-state index in [1.807, 2.05) is 0 Å². The van der Waals surface area contributed by atoms with E-state index < -0.39 is 41.4 Å². The summed E-state index contributed by atoms with van der Waals surface area (Å²) in [6.07, 6.45) is 4.68. The van der Waals surface area contributed by atoms with E-state index in [1.54, 1.807) is 36.4 Å². The zero-order valence-corrected chi connectivity index (χ0v) is 25.3. The molecule has 6 rings (SSSR count). The summed E-state index contributed by atoms with van der Waals surface area (Å²) in [6.45, 7) is 0.542. The minimum Gasteiger partial charge on any atom is -0.484 e. The molecule has 11 nitrogen and oxygen atoms in total. The van der Waals surface area contributed by atoms with Crippen molar-refractivity contribution in [3.05, 3.63) is 53.8 Å². The number of carbonyl (C=O) groups is 5. The van der Waals surface area contributed by atoms with Crippen LogP contribution in [0.2, 0.25) is 0 Å². The van der Waals surface area contributed by atoms with Gasteiger partial charge in [-0.2, -0.15) is 5.26 Å². The maximum atomic E-state index is 14.1. The maximum absolute atomic E-state index is 14.1. The van der Waals surface area contributed by atoms with Gasteiger partial charge in [0.2, 0.25) is 17.6 Å². The third-order valence-corrected chi connectivity index (χ3v) is 9.57. The Morgan fingerprint density at radius 2 is 1.80 bits per heavy atom. The molecule has 0 aromatic heterocycles. The number of halogens is 1. The highest BCUT2D eigenvalue weighted by molar-refractivity contribution is 6.38. The Hall–Kier alpha value is -4.79. The number of fused-ring (bicyclic) bond motifs is 1. The number of nitrogens with zero attached hydrogens (tertiary/aromatic N) is 2. The van der Waals surface area contributed by atoms with Crippen LogP contribution in [0.3, 0.4) is 0 Å². The first-order chi connectivity index (χ1) is 22.2. The van der Waals surface area contributed by atoms with Gasteiger partial charge in [-0.25, -0.2) is 4.39 Å². The topological polar surface area (TPSA) is 158 Å². The normalized spacial score (nSPS) is 24.0. The number of likely N-dealkylation sites (tertiary alicyclic amines) is 1. The average molecular weight is 630 g/mol. The van der Waals surface area contributed by atoms with Crippen molar-refractivity contribution in [1.29, 1.82) is 5.26 Å². The zero-order chi connectivity index (χ0) is 32.4. The minimum absolute atomic E-state index is 0.0114. The van der Waals surface area contributed by atoms with Gasteiger partial charge in [0.1, 0.15) is 23.7 Å². The van der Waals surface area contributed by atoms with Crippen molar-refractivity contribution in [3.8, 4) is 22.9 Å². The van der Waals surface area contributed by atoms with Crippen LogP contribution in [0, 0.1) is 34.9 Å². The highest BCUT2D eigenvalue weighted by atomic mass is 19.1. The monoisotopic (exact) mass is 629 g/mol. The molecule has 5 atom stereocenters. The van der Waals surface area contributed by atoms with Crippen molar-refractivity contribution in [1.82, 2.24) is 20.9 Å². The summed E-state index contributed by atoms with van der Waals surface area (Å²) in [7, 11) is 0. The largest absolute Gasteiger partial charge is 0.484 e. The van der Waals surface area contributed by atoms with Gasteiger partial charge < -0.3 is 25.6 Å². The van der Waals surface area contributed by atoms with Gasteiger partial charge in [-0.3, -0.25) is 24.0 Å². The lowest BCUT2D eigenvalue weighted by molar-refractivity contribution is -0.143. The van der Waals surface area contributed by atoms with Crippen LogP contribution in [0.1, 0.15) is 50.5 Å². The van der Waals surface area contributed by atoms with Crippen LogP contribution in [0.4, 0.5) is 4.39 Å². The number of ketones is 1. The molecule has 0 unspecified atom stereocenters. The van der Waals surface area contributed by atoms with Gasteiger partial charge in [0.15, 0.2) is 6.61 Å². The number of nitriles is 1. The molecule has 0 radical (unpaired) electrons. The molecule has 2 heterocycles. The molecule has 2 aromatic rings. The first kappa shape index (κ1) is 31.2. The second-order valence-electron chi connectivity index (χ2n) is 12.7. The molecule has 2 aromatic carbocycles. The molecule has 2 aliphatic heterocycles. The molecule has 2 saturated carbocycles. The molecular formula is C34H36FN5O6. The second-order valence-corrected chi connectivity index (χ2v) is 12.7. The van der Waals surface area contributed by atoms with Gasteiger partial charge in [0.05, 0.1) is 11.6 Å². The molecule has 4 fully saturated rings. The standard InChI is InChI=1S/C34H36FN5O6/c35-27-14-20(4-5-22(27)16-36)19-6-10-25(11-7-19)46-18-29(41)40-17-23-2-1-3-26(23)30(40)33(44)39-28(15-21-12-13-37-32(21)43)31(42)34(45)38-24-8-9-24/h4-7,10-11,14,21,23-24,26,28,30H,1-3,8-9,12-13,15,17-18H2,(H,37,43)(H,38,45)(H,39,44)/t21-,23-,26-,28-,30-/m0/s1. The lowest BCUT2D eigenvalue weighted by Gasteiger charge is -2.29. The van der Waals surface area contributed by atoms with Gasteiger partial charge in [0.25, 0.3) is 11.8 Å². The molecular weight excluding hydrogens is 593 g/mol. The van der Waals surface area contributed by atoms with Gasteiger partial charge in [-0.05, 0) is 85.8 Å². The fourth-order valence-corrected chi connectivity index (χ4v) is 6.94. The van der Waals surface area contributed by atoms with E-state index in [1.165, 1.54) is 17.0 Å². The summed E-state index contributed by atoms with van der Waals surface area (Å²) >= 11 is 0. The summed E-state index contributed by atoms with van der Waals surface area (Å²) in [5.41, 5.74) is 1.26. The SMILES string of the molecule is N#Cc1ccc(-c2ccc(OCC(=O)N3C[C@@H]4CCC[C@@H]4[C@H]3C(=O)N[C@@H](C[C@@H]3CCNC3=O)C(=O)C(=O)NC3CC3)cc2)cc1F. The quantitative estimate of drug-likeness (QED) is 0.322. The Bertz CT molecular complexity index is 1590. The number of nitrogens with one attached hydrogen (secondary N) is 3. The lowest BCUT2D eigenvalue weighted by Crippen LogP contribution is -2.55. The molecule has 4 aliphatic rings. The smallest absolute Gasteiger partial charge is 0.289 e. The third kappa shape index (κ3) is 6.73. The third-order valence-electron chi connectivity index (χ3n) is 9.57. The molecule has 0 bridgehead atoms. The zero-order valence-electron chi connectivity index (χ0n) is 25.3. The number of carbonyl (C=O) groups excluding carboxylic acids is 5. The lowest BCUT2D eigenvalue weighted by atomic mass is 9.91. The number of amides is 4. The van der Waals surface area contributed by atoms with Gasteiger partial charge >= 0.3 is 0 Å². The van der Waals surface area contributed by atoms with E-state index in [-0.39, 0.29) is 48.3 Å². The number of hydrogen-bond donors (Lipinski definition) is 3. The van der Waals surface area contributed by atoms with Crippen molar-refractivity contribution in [3.63, 3.8) is 0 Å². The minimum atomic E-state index is -1.18. The number of benzene rings is 2. The van der Waals surface area contributed by atoms with E-state index >= 15 is 0 Å². The van der Waals surface area contributed by atoms with Gasteiger partial charge in [0, 0.05) is 25.0 Å². The first-order valence-electron chi connectivity index (χ1n) is 15.9. The molecule has 2 aliphatic carbocycles. The van der Waals surface area contributed by atoms with Crippen LogP contribution in [-0.4, -0.2) is 72.1 Å². The van der Waals surface area contributed by atoms with Crippen molar-refractivity contribution in [2.75, 3.05) is 19.7 Å². The van der Waals surface area contributed by atoms with E-state index in [9.17, 15) is 28.4 Å². The molecule has 46 heavy (non-hydrogen) atoms. The fraction of sp³-hybridized carbons (Fsp3) is 0.471. The summed E-state index contributed by atoms with van der Waals surface area (Å²) in [4.78, 5) is 67.1. The van der Waals surface area contributed by atoms with Crippen molar-refractivity contribution in [2.24, 2.45) is 17.8 Å². The Morgan fingerprint density at radius 1 is 1.04 bits per heavy atom. The molecule has 3 N–H and O–H groups in total. The summed E-state index contributed by atoms with van der Waals surface area (Å²) in [5.74, 6) is -3.29. The summed E-state index contributed by atoms with van der Waals surface area (Å²) < 4.78 is 19.9. The molecule has 4 amide bonds. The fourth-order valence-electron chi connectivity index (χ4n) is 6.94. The number of ether oxygens (including phenoxy) is 1. The predicted molar refractivity (Wildman–Crippen MR) is 162 cm³/mol. The highest BCUT2D eigenvalue weighted by Gasteiger charge is 2.50. The van der Waals surface area contributed by atoms with Crippen LogP contribution in [0.15, 0.2) is 42.5 Å². The predicted octanol–water partition coefficient (Wildman–Crippen LogP) is 2.23. The van der Waals surface area contributed by atoms with Crippen LogP contribution in [0.25, 0.3) is 11.1 Å². The Balaban J connectivity index is 1.12. The van der Waals surface area contributed by atoms with Crippen molar-refractivity contribution >= 4 is 29.4 Å². The van der Waals surface area contributed by atoms with Crippen LogP contribution >= 0.6 is 0 Å². The first-order valence-corrected chi connectivity index (χ1v) is 15.9. The van der Waals surface area contributed by atoms with Crippen LogP contribution < -0.4 is 20.7 Å². The molecule has 0 spiro atoms. The Kier molecular flexibility index (Phi) is 9.01. The van der Waals surface area contributed by atoms with Crippen molar-refractivity contribution < 1.29 is 33.1 Å². The van der Waals surface area contributed by atoms with Gasteiger partial charge in [-0.15, -0.1) is 0 Å². The summed E-state index contributed by atoms with van der Waals surface area (Å²) in [6, 6.07) is 10.9. The summed E-state index contributed by atoms with van der Waals surface area (Å²) in [5, 5.41) is 17.2. The number of rotatable bonds is 11. The Labute approximate surface area is 265 Å². The molecule has 12 heteroatoms.